The largest absolute Gasteiger partial charge is 0.497 e. The smallest absolute Gasteiger partial charge is 0.174 e. The van der Waals surface area contributed by atoms with Crippen LogP contribution in [0.25, 0.3) is 5.57 Å². The Kier molecular flexibility index (Phi) is 3.72. The number of benzene rings is 2. The Morgan fingerprint density at radius 1 is 0.909 bits per heavy atom. The highest BCUT2D eigenvalue weighted by Gasteiger charge is 2.38. The number of ether oxygens (including phenoxy) is 2. The monoisotopic (exact) mass is 294 g/mol. The van der Waals surface area contributed by atoms with Gasteiger partial charge in [0.1, 0.15) is 11.5 Å². The highest BCUT2D eigenvalue weighted by molar-refractivity contribution is 6.32. The van der Waals surface area contributed by atoms with Crippen LogP contribution in [0.2, 0.25) is 0 Å². The molecule has 0 N–H and O–H groups in total. The van der Waals surface area contributed by atoms with Gasteiger partial charge in [0.15, 0.2) is 5.78 Å². The summed E-state index contributed by atoms with van der Waals surface area (Å²) < 4.78 is 10.5. The molecule has 1 unspecified atom stereocenters. The fraction of sp³-hybridized carbons (Fsp3) is 0.211. The molecule has 3 rings (SSSR count). The third-order valence-electron chi connectivity index (χ3n) is 4.12. The van der Waals surface area contributed by atoms with E-state index in [0.29, 0.717) is 0 Å². The van der Waals surface area contributed by atoms with Gasteiger partial charge in [-0.15, -0.1) is 0 Å². The third-order valence-corrected chi connectivity index (χ3v) is 4.12. The van der Waals surface area contributed by atoms with Crippen molar-refractivity contribution in [1.82, 2.24) is 0 Å². The highest BCUT2D eigenvalue weighted by atomic mass is 16.5. The van der Waals surface area contributed by atoms with Crippen molar-refractivity contribution < 1.29 is 14.3 Å². The quantitative estimate of drug-likeness (QED) is 0.859. The maximum absolute atomic E-state index is 12.6. The van der Waals surface area contributed by atoms with Crippen LogP contribution >= 0.6 is 0 Å². The van der Waals surface area contributed by atoms with Crippen LogP contribution in [-0.2, 0) is 4.79 Å². The SMILES string of the molecule is COc1cccc(C2=C(C)C(c3cccc(OC)c3)C2=O)c1. The van der Waals surface area contributed by atoms with Crippen LogP contribution < -0.4 is 9.47 Å². The zero-order valence-electron chi connectivity index (χ0n) is 12.9. The van der Waals surface area contributed by atoms with Gasteiger partial charge in [-0.25, -0.2) is 0 Å². The first kappa shape index (κ1) is 14.4. The molecular weight excluding hydrogens is 276 g/mol. The van der Waals surface area contributed by atoms with E-state index in [-0.39, 0.29) is 11.7 Å². The van der Waals surface area contributed by atoms with Crippen LogP contribution in [-0.4, -0.2) is 20.0 Å². The van der Waals surface area contributed by atoms with Crippen LogP contribution in [0.15, 0.2) is 54.1 Å². The van der Waals surface area contributed by atoms with E-state index in [1.54, 1.807) is 14.2 Å². The first-order valence-electron chi connectivity index (χ1n) is 7.19. The van der Waals surface area contributed by atoms with Crippen LogP contribution in [0.4, 0.5) is 0 Å². The second-order valence-corrected chi connectivity index (χ2v) is 5.36. The summed E-state index contributed by atoms with van der Waals surface area (Å²) in [7, 11) is 3.26. The Labute approximate surface area is 130 Å². The molecule has 1 aliphatic carbocycles. The predicted octanol–water partition coefficient (Wildman–Crippen LogP) is 3.84. The summed E-state index contributed by atoms with van der Waals surface area (Å²) in [6, 6.07) is 15.3. The molecule has 1 atom stereocenters. The Morgan fingerprint density at radius 3 is 2.18 bits per heavy atom. The van der Waals surface area contributed by atoms with E-state index in [0.717, 1.165) is 33.8 Å². The molecule has 0 spiro atoms. The standard InChI is InChI=1S/C19H18O3/c1-12-17(13-6-4-8-15(10-13)21-2)19(20)18(12)14-7-5-9-16(11-14)22-3/h4-11,17H,1-3H3. The second kappa shape index (κ2) is 5.68. The summed E-state index contributed by atoms with van der Waals surface area (Å²) in [6.07, 6.45) is 0. The van der Waals surface area contributed by atoms with Crippen LogP contribution in [0, 0.1) is 0 Å². The summed E-state index contributed by atoms with van der Waals surface area (Å²) in [5, 5.41) is 0. The normalized spacial score (nSPS) is 17.2. The summed E-state index contributed by atoms with van der Waals surface area (Å²) >= 11 is 0. The number of Topliss-reactive ketones (excluding diaryl/α,β-unsaturated/α-hetero) is 1. The minimum absolute atomic E-state index is 0.152. The van der Waals surface area contributed by atoms with Crippen LogP contribution in [0.1, 0.15) is 24.0 Å². The van der Waals surface area contributed by atoms with E-state index in [4.69, 9.17) is 9.47 Å². The number of hydrogen-bond donors (Lipinski definition) is 0. The molecule has 0 aliphatic heterocycles. The number of methoxy groups -OCH3 is 2. The van der Waals surface area contributed by atoms with E-state index < -0.39 is 0 Å². The summed E-state index contributed by atoms with van der Waals surface area (Å²) in [6.45, 7) is 2.01. The molecule has 22 heavy (non-hydrogen) atoms. The van der Waals surface area contributed by atoms with Crippen molar-refractivity contribution in [2.45, 2.75) is 12.8 Å². The zero-order valence-corrected chi connectivity index (χ0v) is 12.9. The molecule has 0 aromatic heterocycles. The third kappa shape index (κ3) is 2.29. The van der Waals surface area contributed by atoms with Crippen molar-refractivity contribution in [3.63, 3.8) is 0 Å². The predicted molar refractivity (Wildman–Crippen MR) is 86.3 cm³/mol. The lowest BCUT2D eigenvalue weighted by atomic mass is 9.70. The molecule has 3 heteroatoms. The Morgan fingerprint density at radius 2 is 1.55 bits per heavy atom. The van der Waals surface area contributed by atoms with Crippen LogP contribution in [0.5, 0.6) is 11.5 Å². The molecule has 0 heterocycles. The van der Waals surface area contributed by atoms with E-state index in [1.165, 1.54) is 0 Å². The van der Waals surface area contributed by atoms with Crippen LogP contribution in [0.3, 0.4) is 0 Å². The van der Waals surface area contributed by atoms with Gasteiger partial charge >= 0.3 is 0 Å². The summed E-state index contributed by atoms with van der Waals surface area (Å²) in [5.74, 6) is 1.51. The molecule has 0 saturated carbocycles. The lowest BCUT2D eigenvalue weighted by molar-refractivity contribution is -0.115. The van der Waals surface area contributed by atoms with Gasteiger partial charge in [0.25, 0.3) is 0 Å². The maximum atomic E-state index is 12.6. The van der Waals surface area contributed by atoms with Crippen molar-refractivity contribution in [2.24, 2.45) is 0 Å². The van der Waals surface area contributed by atoms with Crippen molar-refractivity contribution in [2.75, 3.05) is 14.2 Å². The molecule has 0 fully saturated rings. The number of hydrogen-bond acceptors (Lipinski definition) is 3. The fourth-order valence-corrected chi connectivity index (χ4v) is 2.97. The Bertz CT molecular complexity index is 759. The van der Waals surface area contributed by atoms with Crippen molar-refractivity contribution in [1.29, 1.82) is 0 Å². The topological polar surface area (TPSA) is 35.5 Å². The van der Waals surface area contributed by atoms with Gasteiger partial charge in [-0.05, 0) is 47.9 Å². The minimum atomic E-state index is -0.170. The first-order valence-corrected chi connectivity index (χ1v) is 7.19. The van der Waals surface area contributed by atoms with Crippen molar-refractivity contribution in [3.8, 4) is 11.5 Å². The van der Waals surface area contributed by atoms with Gasteiger partial charge in [-0.2, -0.15) is 0 Å². The van der Waals surface area contributed by atoms with E-state index in [2.05, 4.69) is 0 Å². The number of carbonyl (C=O) groups excluding carboxylic acids is 1. The van der Waals surface area contributed by atoms with Crippen molar-refractivity contribution >= 4 is 11.4 Å². The molecule has 112 valence electrons. The lowest BCUT2D eigenvalue weighted by Crippen LogP contribution is -2.27. The Balaban J connectivity index is 1.98. The second-order valence-electron chi connectivity index (χ2n) is 5.36. The van der Waals surface area contributed by atoms with E-state index in [9.17, 15) is 4.79 Å². The molecular formula is C19H18O3. The average Bonchev–Trinajstić information content (AvgIpc) is 2.55. The number of carbonyl (C=O) groups is 1. The number of ketones is 1. The molecule has 0 bridgehead atoms. The summed E-state index contributed by atoms with van der Waals surface area (Å²) in [4.78, 5) is 12.6. The van der Waals surface area contributed by atoms with Gasteiger partial charge in [0.05, 0.1) is 20.1 Å². The Hall–Kier alpha value is -2.55. The van der Waals surface area contributed by atoms with E-state index >= 15 is 0 Å². The van der Waals surface area contributed by atoms with E-state index in [1.807, 2.05) is 55.5 Å². The molecule has 2 aromatic rings. The molecule has 0 saturated heterocycles. The van der Waals surface area contributed by atoms with Gasteiger partial charge in [0.2, 0.25) is 0 Å². The fourth-order valence-electron chi connectivity index (χ4n) is 2.97. The lowest BCUT2D eigenvalue weighted by Gasteiger charge is -2.31. The zero-order chi connectivity index (χ0) is 15.7. The number of rotatable bonds is 4. The summed E-state index contributed by atoms with van der Waals surface area (Å²) in [5.41, 5.74) is 3.78. The first-order chi connectivity index (χ1) is 10.7. The minimum Gasteiger partial charge on any atom is -0.497 e. The molecule has 0 amide bonds. The van der Waals surface area contributed by atoms with Gasteiger partial charge < -0.3 is 9.47 Å². The highest BCUT2D eigenvalue weighted by Crippen LogP contribution is 2.44. The molecule has 1 aliphatic rings. The average molecular weight is 294 g/mol. The number of allylic oxidation sites excluding steroid dienone is 2. The maximum Gasteiger partial charge on any atom is 0.174 e. The van der Waals surface area contributed by atoms with Gasteiger partial charge in [-0.3, -0.25) is 4.79 Å². The molecule has 2 aromatic carbocycles. The van der Waals surface area contributed by atoms with Crippen molar-refractivity contribution in [3.05, 3.63) is 65.2 Å². The molecule has 3 nitrogen and oxygen atoms in total. The van der Waals surface area contributed by atoms with Gasteiger partial charge in [0, 0.05) is 5.57 Å². The molecule has 0 radical (unpaired) electrons. The van der Waals surface area contributed by atoms with Gasteiger partial charge in [-0.1, -0.05) is 24.3 Å².